The van der Waals surface area contributed by atoms with Crippen LogP contribution in [0.3, 0.4) is 0 Å². The first-order chi connectivity index (χ1) is 8.77. The molecule has 0 aromatic heterocycles. The van der Waals surface area contributed by atoms with Crippen molar-refractivity contribution in [1.82, 2.24) is 4.90 Å². The molecule has 2 heterocycles. The fraction of sp³-hybridized carbons (Fsp3) is 0.846. The third kappa shape index (κ3) is 2.06. The van der Waals surface area contributed by atoms with Gasteiger partial charge in [0, 0.05) is 6.04 Å². The molecule has 0 radical (unpaired) electrons. The molecule has 100 valence electrons. The van der Waals surface area contributed by atoms with Gasteiger partial charge in [-0.15, -0.1) is 0 Å². The molecule has 2 aliphatic heterocycles. The van der Waals surface area contributed by atoms with Crippen LogP contribution in [-0.4, -0.2) is 55.1 Å². The van der Waals surface area contributed by atoms with Gasteiger partial charge in [-0.25, -0.2) is 0 Å². The quantitative estimate of drug-likeness (QED) is 0.640. The van der Waals surface area contributed by atoms with Crippen LogP contribution in [0.15, 0.2) is 0 Å². The van der Waals surface area contributed by atoms with Gasteiger partial charge in [0.1, 0.15) is 13.1 Å². The van der Waals surface area contributed by atoms with Gasteiger partial charge in [-0.05, 0) is 12.8 Å². The molecular weight excluding hydrogens is 232 g/mol. The van der Waals surface area contributed by atoms with Gasteiger partial charge in [-0.1, -0.05) is 12.8 Å². The number of ether oxygens (including phenoxy) is 1. The number of imide groups is 1. The van der Waals surface area contributed by atoms with Crippen LogP contribution in [0.2, 0.25) is 0 Å². The van der Waals surface area contributed by atoms with E-state index in [0.717, 1.165) is 38.8 Å². The van der Waals surface area contributed by atoms with E-state index < -0.39 is 0 Å². The lowest BCUT2D eigenvalue weighted by atomic mass is 10.2. The Labute approximate surface area is 107 Å². The zero-order valence-corrected chi connectivity index (χ0v) is 10.7. The Bertz CT molecular complexity index is 346. The van der Waals surface area contributed by atoms with E-state index in [2.05, 4.69) is 0 Å². The topological polar surface area (TPSA) is 51.1 Å². The average Bonchev–Trinajstić information content (AvgIpc) is 2.99. The largest absolute Gasteiger partial charge is 0.370 e. The third-order valence-electron chi connectivity index (χ3n) is 4.50. The van der Waals surface area contributed by atoms with Gasteiger partial charge in [0.25, 0.3) is 5.91 Å². The van der Waals surface area contributed by atoms with Crippen LogP contribution >= 0.6 is 0 Å². The summed E-state index contributed by atoms with van der Waals surface area (Å²) in [6.07, 6.45) is 4.71. The van der Waals surface area contributed by atoms with E-state index in [0.29, 0.717) is 19.6 Å². The summed E-state index contributed by atoms with van der Waals surface area (Å²) >= 11 is 0. The minimum atomic E-state index is -0.137. The van der Waals surface area contributed by atoms with Crippen LogP contribution < -0.4 is 4.90 Å². The Morgan fingerprint density at radius 1 is 1.11 bits per heavy atom. The number of hydrogen-bond donors (Lipinski definition) is 1. The van der Waals surface area contributed by atoms with Gasteiger partial charge in [-0.3, -0.25) is 14.5 Å². The SMILES string of the molecule is O=C1C[C@@H]([NH+]2CCOCC2)C(=O)N1C1CCCC1. The number of rotatable bonds is 2. The third-order valence-corrected chi connectivity index (χ3v) is 4.50. The monoisotopic (exact) mass is 253 g/mol. The van der Waals surface area contributed by atoms with E-state index in [4.69, 9.17) is 4.74 Å². The highest BCUT2D eigenvalue weighted by Gasteiger charge is 2.48. The van der Waals surface area contributed by atoms with Crippen molar-refractivity contribution >= 4 is 11.8 Å². The first-order valence-electron chi connectivity index (χ1n) is 7.05. The Hall–Kier alpha value is -0.940. The van der Waals surface area contributed by atoms with E-state index in [1.54, 1.807) is 4.90 Å². The molecule has 1 aliphatic carbocycles. The summed E-state index contributed by atoms with van der Waals surface area (Å²) in [6.45, 7) is 3.11. The first-order valence-corrected chi connectivity index (χ1v) is 7.05. The highest BCUT2D eigenvalue weighted by Crippen LogP contribution is 2.27. The predicted molar refractivity (Wildman–Crippen MR) is 64.0 cm³/mol. The molecule has 18 heavy (non-hydrogen) atoms. The standard InChI is InChI=1S/C13H20N2O3/c16-12-9-11(14-5-7-18-8-6-14)13(17)15(12)10-3-1-2-4-10/h10-11H,1-9H2/p+1/t11-/m1/s1. The lowest BCUT2D eigenvalue weighted by Crippen LogP contribution is -3.18. The molecule has 3 aliphatic rings. The van der Waals surface area contributed by atoms with Gasteiger partial charge in [0.2, 0.25) is 5.91 Å². The fourth-order valence-corrected chi connectivity index (χ4v) is 3.50. The van der Waals surface area contributed by atoms with Gasteiger partial charge >= 0.3 is 0 Å². The van der Waals surface area contributed by atoms with Crippen molar-refractivity contribution in [3.8, 4) is 0 Å². The molecule has 2 saturated heterocycles. The van der Waals surface area contributed by atoms with Crippen molar-refractivity contribution in [2.75, 3.05) is 26.3 Å². The number of carbonyl (C=O) groups is 2. The van der Waals surface area contributed by atoms with E-state index in [9.17, 15) is 9.59 Å². The number of quaternary nitrogens is 1. The zero-order chi connectivity index (χ0) is 12.5. The number of hydrogen-bond acceptors (Lipinski definition) is 3. The summed E-state index contributed by atoms with van der Waals surface area (Å²) in [5, 5.41) is 0. The number of amides is 2. The molecule has 2 amide bonds. The summed E-state index contributed by atoms with van der Waals surface area (Å²) in [5.74, 6) is 0.125. The minimum Gasteiger partial charge on any atom is -0.370 e. The van der Waals surface area contributed by atoms with Crippen LogP contribution in [0.1, 0.15) is 32.1 Å². The lowest BCUT2D eigenvalue weighted by Gasteiger charge is -2.28. The van der Waals surface area contributed by atoms with Crippen LogP contribution in [0.4, 0.5) is 0 Å². The Kier molecular flexibility index (Phi) is 3.35. The maximum Gasteiger partial charge on any atom is 0.288 e. The van der Waals surface area contributed by atoms with Crippen LogP contribution in [0, 0.1) is 0 Å². The predicted octanol–water partition coefficient (Wildman–Crippen LogP) is -1.03. The van der Waals surface area contributed by atoms with E-state index in [-0.39, 0.29) is 23.9 Å². The molecule has 1 saturated carbocycles. The summed E-state index contributed by atoms with van der Waals surface area (Å²) in [7, 11) is 0. The van der Waals surface area contributed by atoms with Crippen molar-refractivity contribution in [2.45, 2.75) is 44.2 Å². The smallest absolute Gasteiger partial charge is 0.288 e. The van der Waals surface area contributed by atoms with E-state index in [1.165, 1.54) is 4.90 Å². The summed E-state index contributed by atoms with van der Waals surface area (Å²) < 4.78 is 5.32. The summed E-state index contributed by atoms with van der Waals surface area (Å²) in [4.78, 5) is 27.4. The molecule has 0 unspecified atom stereocenters. The number of carbonyl (C=O) groups excluding carboxylic acids is 2. The van der Waals surface area contributed by atoms with Gasteiger partial charge in [0.05, 0.1) is 19.6 Å². The second-order valence-electron chi connectivity index (χ2n) is 5.57. The zero-order valence-electron chi connectivity index (χ0n) is 10.7. The Morgan fingerprint density at radius 3 is 2.44 bits per heavy atom. The maximum absolute atomic E-state index is 12.4. The number of morpholine rings is 1. The molecule has 1 N–H and O–H groups in total. The fourth-order valence-electron chi connectivity index (χ4n) is 3.50. The molecule has 0 spiro atoms. The molecule has 3 rings (SSSR count). The second kappa shape index (κ2) is 4.97. The normalized spacial score (nSPS) is 31.6. The van der Waals surface area contributed by atoms with Crippen molar-refractivity contribution in [3.63, 3.8) is 0 Å². The highest BCUT2D eigenvalue weighted by molar-refractivity contribution is 6.05. The highest BCUT2D eigenvalue weighted by atomic mass is 16.5. The van der Waals surface area contributed by atoms with Crippen molar-refractivity contribution in [2.24, 2.45) is 0 Å². The molecule has 0 bridgehead atoms. The first kappa shape index (κ1) is 12.1. The van der Waals surface area contributed by atoms with Gasteiger partial charge in [0.15, 0.2) is 6.04 Å². The molecular formula is C13H21N2O3+. The molecule has 5 nitrogen and oxygen atoms in total. The van der Waals surface area contributed by atoms with Crippen LogP contribution in [0.25, 0.3) is 0 Å². The number of likely N-dealkylation sites (tertiary alicyclic amines) is 1. The van der Waals surface area contributed by atoms with Crippen LogP contribution in [-0.2, 0) is 14.3 Å². The number of nitrogens with zero attached hydrogens (tertiary/aromatic N) is 1. The molecule has 0 aromatic rings. The molecule has 0 aromatic carbocycles. The van der Waals surface area contributed by atoms with E-state index >= 15 is 0 Å². The maximum atomic E-state index is 12.4. The molecule has 5 heteroatoms. The van der Waals surface area contributed by atoms with E-state index in [1.807, 2.05) is 0 Å². The number of nitrogens with one attached hydrogen (secondary N) is 1. The summed E-state index contributed by atoms with van der Waals surface area (Å²) in [5.41, 5.74) is 0. The summed E-state index contributed by atoms with van der Waals surface area (Å²) in [6, 6.07) is 0.0532. The van der Waals surface area contributed by atoms with Crippen molar-refractivity contribution in [3.05, 3.63) is 0 Å². The lowest BCUT2D eigenvalue weighted by molar-refractivity contribution is -0.922. The average molecular weight is 253 g/mol. The van der Waals surface area contributed by atoms with Crippen LogP contribution in [0.5, 0.6) is 0 Å². The van der Waals surface area contributed by atoms with Crippen molar-refractivity contribution in [1.29, 1.82) is 0 Å². The van der Waals surface area contributed by atoms with Gasteiger partial charge < -0.3 is 9.64 Å². The second-order valence-corrected chi connectivity index (χ2v) is 5.57. The van der Waals surface area contributed by atoms with Crippen molar-refractivity contribution < 1.29 is 19.2 Å². The minimum absolute atomic E-state index is 0.0518. The van der Waals surface area contributed by atoms with Gasteiger partial charge in [-0.2, -0.15) is 0 Å². The molecule has 3 fully saturated rings. The molecule has 1 atom stereocenters. The Balaban J connectivity index is 1.71. The Morgan fingerprint density at radius 2 is 1.78 bits per heavy atom.